The maximum atomic E-state index is 12.9. The summed E-state index contributed by atoms with van der Waals surface area (Å²) in [7, 11) is 1.73. The number of ether oxygens (including phenoxy) is 1. The molecule has 0 bridgehead atoms. The van der Waals surface area contributed by atoms with Gasteiger partial charge in [0.2, 0.25) is 0 Å². The van der Waals surface area contributed by atoms with Gasteiger partial charge in [-0.05, 0) is 81.8 Å². The minimum atomic E-state index is 0.102. The van der Waals surface area contributed by atoms with Crippen molar-refractivity contribution in [1.29, 1.82) is 0 Å². The molecule has 2 aromatic carbocycles. The largest absolute Gasteiger partial charge is 0.497 e. The Morgan fingerprint density at radius 2 is 1.71 bits per heavy atom. The maximum Gasteiger partial charge on any atom is 0.253 e. The molecule has 1 heterocycles. The molecule has 1 aliphatic heterocycles. The van der Waals surface area contributed by atoms with E-state index in [-0.39, 0.29) is 11.9 Å². The summed E-state index contributed by atoms with van der Waals surface area (Å²) in [5.41, 5.74) is 3.21. The first-order valence-corrected chi connectivity index (χ1v) is 13.0. The highest BCUT2D eigenvalue weighted by atomic mass is 16.5. The molecule has 1 saturated carbocycles. The molecule has 5 nitrogen and oxygen atoms in total. The molecule has 5 heteroatoms. The molecule has 0 spiro atoms. The number of hydrogen-bond acceptors (Lipinski definition) is 4. The zero-order valence-electron chi connectivity index (χ0n) is 21.5. The van der Waals surface area contributed by atoms with Crippen LogP contribution in [-0.2, 0) is 0 Å². The lowest BCUT2D eigenvalue weighted by Crippen LogP contribution is -2.57. The van der Waals surface area contributed by atoms with Crippen molar-refractivity contribution in [3.63, 3.8) is 0 Å². The van der Waals surface area contributed by atoms with E-state index in [1.165, 1.54) is 30.5 Å². The van der Waals surface area contributed by atoms with Crippen LogP contribution in [0.5, 0.6) is 5.75 Å². The molecule has 34 heavy (non-hydrogen) atoms. The Morgan fingerprint density at radius 3 is 2.32 bits per heavy atom. The zero-order valence-corrected chi connectivity index (χ0v) is 21.5. The van der Waals surface area contributed by atoms with Gasteiger partial charge in [-0.15, -0.1) is 0 Å². The first-order chi connectivity index (χ1) is 16.4. The van der Waals surface area contributed by atoms with Crippen LogP contribution in [0.2, 0.25) is 0 Å². The monoisotopic (exact) mass is 463 g/mol. The second-order valence-electron chi connectivity index (χ2n) is 10.1. The van der Waals surface area contributed by atoms with E-state index in [9.17, 15) is 4.79 Å². The van der Waals surface area contributed by atoms with Gasteiger partial charge in [-0.3, -0.25) is 14.6 Å². The summed E-state index contributed by atoms with van der Waals surface area (Å²) in [4.78, 5) is 20.1. The van der Waals surface area contributed by atoms with Crippen molar-refractivity contribution in [3.05, 3.63) is 65.2 Å². The number of benzene rings is 2. The fourth-order valence-electron chi connectivity index (χ4n) is 5.36. The van der Waals surface area contributed by atoms with E-state index in [1.807, 2.05) is 36.9 Å². The molecule has 0 N–H and O–H groups in total. The lowest BCUT2D eigenvalue weighted by atomic mass is 9.92. The lowest BCUT2D eigenvalue weighted by Gasteiger charge is -2.48. The van der Waals surface area contributed by atoms with Gasteiger partial charge >= 0.3 is 0 Å². The molecule has 0 radical (unpaired) electrons. The summed E-state index contributed by atoms with van der Waals surface area (Å²) in [5.74, 6) is 1.89. The molecule has 0 aromatic heterocycles. The number of rotatable bonds is 9. The number of methoxy groups -OCH3 is 1. The molecule has 0 unspecified atom stereocenters. The van der Waals surface area contributed by atoms with Crippen molar-refractivity contribution in [2.45, 2.75) is 58.7 Å². The third-order valence-electron chi connectivity index (χ3n) is 7.62. The average Bonchev–Trinajstić information content (AvgIpc) is 3.67. The molecule has 1 amide bonds. The summed E-state index contributed by atoms with van der Waals surface area (Å²) in [6.07, 6.45) is 2.79. The third kappa shape index (κ3) is 5.47. The average molecular weight is 464 g/mol. The van der Waals surface area contributed by atoms with Gasteiger partial charge in [0.15, 0.2) is 0 Å². The van der Waals surface area contributed by atoms with E-state index in [0.29, 0.717) is 12.1 Å². The lowest BCUT2D eigenvalue weighted by molar-refractivity contribution is 0.0216. The van der Waals surface area contributed by atoms with Crippen molar-refractivity contribution < 1.29 is 9.53 Å². The Morgan fingerprint density at radius 1 is 1.00 bits per heavy atom. The summed E-state index contributed by atoms with van der Waals surface area (Å²) >= 11 is 0. The maximum absolute atomic E-state index is 12.9. The second kappa shape index (κ2) is 10.9. The summed E-state index contributed by atoms with van der Waals surface area (Å²) in [5, 5.41) is 0. The molecule has 2 aromatic rings. The molecule has 3 atom stereocenters. The Balaban J connectivity index is 1.64. The van der Waals surface area contributed by atoms with Crippen LogP contribution in [0.25, 0.3) is 0 Å². The second-order valence-corrected chi connectivity index (χ2v) is 10.1. The number of nitrogens with zero attached hydrogens (tertiary/aromatic N) is 3. The molecule has 4 rings (SSSR count). The summed E-state index contributed by atoms with van der Waals surface area (Å²) in [6.45, 7) is 13.6. The van der Waals surface area contributed by atoms with Crippen LogP contribution >= 0.6 is 0 Å². The van der Waals surface area contributed by atoms with Gasteiger partial charge in [0.25, 0.3) is 5.91 Å². The Labute approximate surface area is 205 Å². The smallest absolute Gasteiger partial charge is 0.253 e. The van der Waals surface area contributed by atoms with Crippen LogP contribution in [0.1, 0.15) is 68.1 Å². The van der Waals surface area contributed by atoms with Crippen LogP contribution in [0.4, 0.5) is 0 Å². The number of hydrogen-bond donors (Lipinski definition) is 0. The molecule has 184 valence electrons. The van der Waals surface area contributed by atoms with Crippen molar-refractivity contribution in [1.82, 2.24) is 14.7 Å². The Kier molecular flexibility index (Phi) is 7.95. The molecular weight excluding hydrogens is 422 g/mol. The number of carbonyl (C=O) groups is 1. The predicted molar refractivity (Wildman–Crippen MR) is 138 cm³/mol. The first-order valence-electron chi connectivity index (χ1n) is 13.0. The minimum absolute atomic E-state index is 0.102. The molecule has 1 saturated heterocycles. The van der Waals surface area contributed by atoms with Crippen LogP contribution < -0.4 is 4.74 Å². The van der Waals surface area contributed by atoms with E-state index >= 15 is 0 Å². The van der Waals surface area contributed by atoms with E-state index in [0.717, 1.165) is 43.4 Å². The van der Waals surface area contributed by atoms with Gasteiger partial charge in [0.1, 0.15) is 5.75 Å². The zero-order chi connectivity index (χ0) is 24.2. The van der Waals surface area contributed by atoms with E-state index < -0.39 is 0 Å². The highest BCUT2D eigenvalue weighted by molar-refractivity contribution is 5.94. The van der Waals surface area contributed by atoms with Gasteiger partial charge in [-0.1, -0.05) is 24.3 Å². The third-order valence-corrected chi connectivity index (χ3v) is 7.62. The summed E-state index contributed by atoms with van der Waals surface area (Å²) in [6, 6.07) is 17.8. The van der Waals surface area contributed by atoms with Crippen molar-refractivity contribution >= 4 is 5.91 Å². The van der Waals surface area contributed by atoms with Gasteiger partial charge in [-0.25, -0.2) is 0 Å². The van der Waals surface area contributed by atoms with Gasteiger partial charge in [0, 0.05) is 50.4 Å². The Bertz CT molecular complexity index is 952. The van der Waals surface area contributed by atoms with Crippen LogP contribution in [-0.4, -0.2) is 72.5 Å². The standard InChI is InChI=1S/C29H41N3O2/c1-6-30(7-2)29(33)25-15-13-24(14-16-25)28(26-9-8-10-27(17-26)34-5)32-19-21(3)31(18-22(32)4)20-23-11-12-23/h8-10,13-17,21-23,28H,6-7,11-12,18-20H2,1-5H3/t21-,22+,28-/m0/s1. The number of amides is 1. The van der Waals surface area contributed by atoms with E-state index in [2.05, 4.69) is 54.0 Å². The van der Waals surface area contributed by atoms with Crippen molar-refractivity contribution in [2.75, 3.05) is 39.8 Å². The van der Waals surface area contributed by atoms with Crippen LogP contribution in [0.3, 0.4) is 0 Å². The van der Waals surface area contributed by atoms with E-state index in [1.54, 1.807) is 7.11 Å². The first kappa shape index (κ1) is 24.7. The van der Waals surface area contributed by atoms with Crippen LogP contribution in [0, 0.1) is 5.92 Å². The van der Waals surface area contributed by atoms with E-state index in [4.69, 9.17) is 4.74 Å². The predicted octanol–water partition coefficient (Wildman–Crippen LogP) is 5.07. The summed E-state index contributed by atoms with van der Waals surface area (Å²) < 4.78 is 5.57. The van der Waals surface area contributed by atoms with Crippen LogP contribution in [0.15, 0.2) is 48.5 Å². The normalized spacial score (nSPS) is 22.4. The minimum Gasteiger partial charge on any atom is -0.497 e. The van der Waals surface area contributed by atoms with Gasteiger partial charge < -0.3 is 9.64 Å². The number of piperazine rings is 1. The molecule has 1 aliphatic carbocycles. The highest BCUT2D eigenvalue weighted by Gasteiger charge is 2.37. The quantitative estimate of drug-likeness (QED) is 0.520. The Hall–Kier alpha value is -2.37. The van der Waals surface area contributed by atoms with Crippen molar-refractivity contribution in [2.24, 2.45) is 5.92 Å². The van der Waals surface area contributed by atoms with Crippen molar-refractivity contribution in [3.8, 4) is 5.75 Å². The number of carbonyl (C=O) groups excluding carboxylic acids is 1. The van der Waals surface area contributed by atoms with Gasteiger partial charge in [0.05, 0.1) is 13.2 Å². The molecular formula is C29H41N3O2. The fourth-order valence-corrected chi connectivity index (χ4v) is 5.36. The highest BCUT2D eigenvalue weighted by Crippen LogP contribution is 2.36. The topological polar surface area (TPSA) is 36.0 Å². The molecule has 2 fully saturated rings. The fraction of sp³-hybridized carbons (Fsp3) is 0.552. The van der Waals surface area contributed by atoms with Gasteiger partial charge in [-0.2, -0.15) is 0 Å². The SMILES string of the molecule is CCN(CC)C(=O)c1ccc([C@@H](c2cccc(OC)c2)N2C[C@H](C)N(CC3CC3)C[C@H]2C)cc1. The molecule has 2 aliphatic rings.